The number of phenolic OH excluding ortho intramolecular Hbond substituents is 1. The summed E-state index contributed by atoms with van der Waals surface area (Å²) in [5, 5.41) is 40.0. The van der Waals surface area contributed by atoms with Gasteiger partial charge in [0.15, 0.2) is 0 Å². The van der Waals surface area contributed by atoms with Crippen LogP contribution in [0.4, 0.5) is 0 Å². The van der Waals surface area contributed by atoms with Crippen molar-refractivity contribution in [1.29, 1.82) is 0 Å². The number of aliphatic hydroxyl groups excluding tert-OH is 1. The number of carbonyl (C=O) groups is 1. The predicted octanol–water partition coefficient (Wildman–Crippen LogP) is 4.81. The summed E-state index contributed by atoms with van der Waals surface area (Å²) < 4.78 is 0. The summed E-state index contributed by atoms with van der Waals surface area (Å²) in [6, 6.07) is 1.38. The molecule has 0 aliphatic heterocycles. The molecular formula is C23H34O5. The lowest BCUT2D eigenvalue weighted by Gasteiger charge is -2.47. The van der Waals surface area contributed by atoms with Crippen molar-refractivity contribution < 1.29 is 25.2 Å². The number of carboxylic acid groups (broad SMARTS) is 1. The van der Waals surface area contributed by atoms with Gasteiger partial charge in [-0.3, -0.25) is 0 Å². The van der Waals surface area contributed by atoms with Crippen LogP contribution in [0, 0.1) is 24.2 Å². The van der Waals surface area contributed by atoms with Gasteiger partial charge >= 0.3 is 5.97 Å². The molecule has 0 heterocycles. The van der Waals surface area contributed by atoms with E-state index >= 15 is 0 Å². The van der Waals surface area contributed by atoms with Gasteiger partial charge in [-0.15, -0.1) is 0 Å². The number of allylic oxidation sites excluding steroid dienone is 2. The maximum atomic E-state index is 11.4. The second-order valence-electron chi connectivity index (χ2n) is 8.81. The first kappa shape index (κ1) is 22.3. The molecule has 1 fully saturated rings. The van der Waals surface area contributed by atoms with Gasteiger partial charge in [0.25, 0.3) is 0 Å². The molecule has 1 aliphatic carbocycles. The van der Waals surface area contributed by atoms with E-state index in [0.29, 0.717) is 11.5 Å². The van der Waals surface area contributed by atoms with Gasteiger partial charge in [0.2, 0.25) is 0 Å². The summed E-state index contributed by atoms with van der Waals surface area (Å²) in [5.74, 6) is -0.870. The van der Waals surface area contributed by atoms with Gasteiger partial charge in [-0.25, -0.2) is 4.79 Å². The average molecular weight is 391 g/mol. The Morgan fingerprint density at radius 3 is 2.54 bits per heavy atom. The molecule has 28 heavy (non-hydrogen) atoms. The van der Waals surface area contributed by atoms with Gasteiger partial charge < -0.3 is 20.4 Å². The molecule has 1 aromatic carbocycles. The quantitative estimate of drug-likeness (QED) is 0.523. The van der Waals surface area contributed by atoms with Gasteiger partial charge in [0.05, 0.1) is 6.10 Å². The molecule has 0 unspecified atom stereocenters. The predicted molar refractivity (Wildman–Crippen MR) is 110 cm³/mol. The average Bonchev–Trinajstić information content (AvgIpc) is 2.61. The molecule has 5 nitrogen and oxygen atoms in total. The summed E-state index contributed by atoms with van der Waals surface area (Å²) in [7, 11) is 0. The van der Waals surface area contributed by atoms with E-state index in [4.69, 9.17) is 0 Å². The van der Waals surface area contributed by atoms with Crippen LogP contribution in [0.2, 0.25) is 0 Å². The lowest BCUT2D eigenvalue weighted by molar-refractivity contribution is -0.0469. The fourth-order valence-electron chi connectivity index (χ4n) is 4.50. The number of hydrogen-bond acceptors (Lipinski definition) is 4. The molecule has 4 N–H and O–H groups in total. The fourth-order valence-corrected chi connectivity index (χ4v) is 4.50. The highest BCUT2D eigenvalue weighted by Gasteiger charge is 2.43. The van der Waals surface area contributed by atoms with Crippen LogP contribution in [0.1, 0.15) is 74.9 Å². The van der Waals surface area contributed by atoms with Gasteiger partial charge in [-0.2, -0.15) is 0 Å². The van der Waals surface area contributed by atoms with Crippen LogP contribution in [0.15, 0.2) is 17.7 Å². The van der Waals surface area contributed by atoms with Crippen LogP contribution in [0.25, 0.3) is 0 Å². The smallest absolute Gasteiger partial charge is 0.339 e. The Bertz CT molecular complexity index is 767. The highest BCUT2D eigenvalue weighted by atomic mass is 16.4. The topological polar surface area (TPSA) is 98.0 Å². The molecule has 1 saturated carbocycles. The number of aromatic carboxylic acids is 1. The van der Waals surface area contributed by atoms with Crippen LogP contribution in [-0.4, -0.2) is 32.5 Å². The maximum Gasteiger partial charge on any atom is 0.339 e. The standard InChI is InChI=1S/C23H34O5/c1-13(10-11-23(5)15(3)7-9-18(24)16(23)4)6-8-17-19(25)12-14(2)20(21(17)26)22(27)28/h6,12,15-16,18,24-26H,7-11H2,1-5H3,(H,27,28)/b13-6+/t15-,16+,18+,23+/m1/s1. The lowest BCUT2D eigenvalue weighted by atomic mass is 9.59. The molecule has 0 bridgehead atoms. The van der Waals surface area contributed by atoms with E-state index < -0.39 is 5.97 Å². The molecule has 0 radical (unpaired) electrons. The monoisotopic (exact) mass is 390 g/mol. The summed E-state index contributed by atoms with van der Waals surface area (Å²) in [6.45, 7) is 10.2. The Balaban J connectivity index is 2.13. The van der Waals surface area contributed by atoms with Crippen molar-refractivity contribution in [2.24, 2.45) is 17.3 Å². The van der Waals surface area contributed by atoms with Crippen molar-refractivity contribution in [2.45, 2.75) is 72.8 Å². The van der Waals surface area contributed by atoms with Crippen LogP contribution >= 0.6 is 0 Å². The van der Waals surface area contributed by atoms with Gasteiger partial charge in [0.1, 0.15) is 17.1 Å². The van der Waals surface area contributed by atoms with Crippen molar-refractivity contribution in [3.63, 3.8) is 0 Å². The first-order valence-corrected chi connectivity index (χ1v) is 10.1. The number of aromatic hydroxyl groups is 2. The number of phenols is 2. The minimum atomic E-state index is -1.20. The van der Waals surface area contributed by atoms with Crippen LogP contribution in [-0.2, 0) is 6.42 Å². The van der Waals surface area contributed by atoms with Gasteiger partial charge in [-0.05, 0) is 74.8 Å². The van der Waals surface area contributed by atoms with Crippen LogP contribution < -0.4 is 0 Å². The zero-order chi connectivity index (χ0) is 21.2. The molecule has 5 heteroatoms. The third kappa shape index (κ3) is 4.35. The Hall–Kier alpha value is -2.01. The number of benzene rings is 1. The second kappa shape index (κ2) is 8.56. The van der Waals surface area contributed by atoms with E-state index in [0.717, 1.165) is 31.3 Å². The van der Waals surface area contributed by atoms with Crippen molar-refractivity contribution in [3.05, 3.63) is 34.4 Å². The molecular weight excluding hydrogens is 356 g/mol. The largest absolute Gasteiger partial charge is 0.508 e. The summed E-state index contributed by atoms with van der Waals surface area (Å²) in [5.41, 5.74) is 1.60. The molecule has 1 aromatic rings. The number of rotatable bonds is 6. The lowest BCUT2D eigenvalue weighted by Crippen LogP contribution is -2.43. The number of carboxylic acids is 1. The van der Waals surface area contributed by atoms with E-state index in [-0.39, 0.29) is 46.5 Å². The van der Waals surface area contributed by atoms with Gasteiger partial charge in [0, 0.05) is 5.56 Å². The Morgan fingerprint density at radius 2 is 1.93 bits per heavy atom. The van der Waals surface area contributed by atoms with Crippen molar-refractivity contribution >= 4 is 5.97 Å². The molecule has 0 amide bonds. The van der Waals surface area contributed by atoms with E-state index in [1.54, 1.807) is 6.92 Å². The first-order chi connectivity index (χ1) is 13.0. The summed E-state index contributed by atoms with van der Waals surface area (Å²) in [6.07, 6.45) is 5.68. The summed E-state index contributed by atoms with van der Waals surface area (Å²) >= 11 is 0. The molecule has 0 spiro atoms. The SMILES string of the molecule is C/C(=C\Cc1c(O)cc(C)c(C(=O)O)c1O)CC[C@@]1(C)[C@H](C)CC[C@H](O)[C@@H]1C. The molecule has 1 aliphatic rings. The number of aliphatic hydroxyl groups is 1. The Kier molecular flexibility index (Phi) is 6.81. The van der Waals surface area contributed by atoms with E-state index in [2.05, 4.69) is 20.8 Å². The van der Waals surface area contributed by atoms with E-state index in [1.807, 2.05) is 13.0 Å². The van der Waals surface area contributed by atoms with Crippen molar-refractivity contribution in [2.75, 3.05) is 0 Å². The van der Waals surface area contributed by atoms with Crippen LogP contribution in [0.3, 0.4) is 0 Å². The molecule has 2 rings (SSSR count). The highest BCUT2D eigenvalue weighted by molar-refractivity contribution is 5.93. The molecule has 0 aromatic heterocycles. The van der Waals surface area contributed by atoms with E-state index in [1.165, 1.54) is 6.07 Å². The minimum absolute atomic E-state index is 0.0668. The number of hydrogen-bond donors (Lipinski definition) is 4. The number of aryl methyl sites for hydroxylation is 1. The normalized spacial score (nSPS) is 28.4. The van der Waals surface area contributed by atoms with Gasteiger partial charge in [-0.1, -0.05) is 32.4 Å². The highest BCUT2D eigenvalue weighted by Crippen LogP contribution is 2.48. The van der Waals surface area contributed by atoms with E-state index in [9.17, 15) is 25.2 Å². The Labute approximate surface area is 167 Å². The van der Waals surface area contributed by atoms with Crippen LogP contribution in [0.5, 0.6) is 11.5 Å². The minimum Gasteiger partial charge on any atom is -0.508 e. The zero-order valence-electron chi connectivity index (χ0n) is 17.6. The fraction of sp³-hybridized carbons (Fsp3) is 0.609. The molecule has 156 valence electrons. The third-order valence-corrected chi connectivity index (χ3v) is 7.14. The summed E-state index contributed by atoms with van der Waals surface area (Å²) in [4.78, 5) is 11.4. The first-order valence-electron chi connectivity index (χ1n) is 10.1. The second-order valence-corrected chi connectivity index (χ2v) is 8.81. The zero-order valence-corrected chi connectivity index (χ0v) is 17.6. The maximum absolute atomic E-state index is 11.4. The third-order valence-electron chi connectivity index (χ3n) is 7.14. The Morgan fingerprint density at radius 1 is 1.29 bits per heavy atom. The molecule has 0 saturated heterocycles. The van der Waals surface area contributed by atoms with Crippen molar-refractivity contribution in [3.8, 4) is 11.5 Å². The molecule has 4 atom stereocenters. The van der Waals surface area contributed by atoms with Crippen molar-refractivity contribution in [1.82, 2.24) is 0 Å².